The lowest BCUT2D eigenvalue weighted by molar-refractivity contribution is 0.0951. The highest BCUT2D eigenvalue weighted by molar-refractivity contribution is 5.94. The third-order valence-electron chi connectivity index (χ3n) is 4.23. The maximum Gasteiger partial charge on any atom is 0.251 e. The second-order valence-electron chi connectivity index (χ2n) is 6.30. The van der Waals surface area contributed by atoms with Crippen LogP contribution in [0.5, 0.6) is 5.75 Å². The fraction of sp³-hybridized carbons (Fsp3) is 0.182. The van der Waals surface area contributed by atoms with Crippen molar-refractivity contribution in [3.05, 3.63) is 89.1 Å². The Kier molecular flexibility index (Phi) is 6.05. The van der Waals surface area contributed by atoms with Gasteiger partial charge in [0, 0.05) is 24.8 Å². The molecule has 0 atom stereocenters. The number of aromatic nitrogens is 1. The summed E-state index contributed by atoms with van der Waals surface area (Å²) in [5.74, 6) is 1.36. The van der Waals surface area contributed by atoms with Crippen LogP contribution in [0.2, 0.25) is 0 Å². The molecule has 5 heteroatoms. The minimum absolute atomic E-state index is 0.120. The predicted molar refractivity (Wildman–Crippen MR) is 107 cm³/mol. The van der Waals surface area contributed by atoms with Crippen LogP contribution in [0.4, 0.5) is 5.82 Å². The van der Waals surface area contributed by atoms with E-state index in [0.29, 0.717) is 24.5 Å². The van der Waals surface area contributed by atoms with Crippen molar-refractivity contribution in [1.82, 2.24) is 10.3 Å². The summed E-state index contributed by atoms with van der Waals surface area (Å²) in [4.78, 5) is 16.7. The van der Waals surface area contributed by atoms with E-state index < -0.39 is 0 Å². The van der Waals surface area contributed by atoms with Gasteiger partial charge in [0.25, 0.3) is 5.91 Å². The first-order chi connectivity index (χ1) is 13.1. The molecule has 0 saturated carbocycles. The maximum absolute atomic E-state index is 12.4. The molecule has 27 heavy (non-hydrogen) atoms. The first-order valence-electron chi connectivity index (χ1n) is 8.80. The minimum Gasteiger partial charge on any atom is -0.497 e. The number of hydrogen-bond acceptors (Lipinski definition) is 4. The minimum atomic E-state index is -0.120. The number of pyridine rings is 1. The molecule has 0 radical (unpaired) electrons. The number of ether oxygens (including phenoxy) is 1. The zero-order valence-corrected chi connectivity index (χ0v) is 15.5. The van der Waals surface area contributed by atoms with Crippen LogP contribution in [0.25, 0.3) is 0 Å². The topological polar surface area (TPSA) is 63.2 Å². The molecule has 1 heterocycles. The van der Waals surface area contributed by atoms with Crippen molar-refractivity contribution in [2.75, 3.05) is 12.4 Å². The molecular weight excluding hydrogens is 338 g/mol. The number of nitrogens with one attached hydrogen (secondary N) is 2. The Bertz CT molecular complexity index is 890. The molecule has 0 unspecified atom stereocenters. The van der Waals surface area contributed by atoms with E-state index in [1.165, 1.54) is 5.56 Å². The van der Waals surface area contributed by atoms with Crippen molar-refractivity contribution in [3.8, 4) is 5.75 Å². The normalized spacial score (nSPS) is 10.3. The molecule has 0 bridgehead atoms. The SMILES string of the molecule is COc1ccc(CNc2cc(C(=O)NCc3ccc(C)cc3)ccn2)cc1. The van der Waals surface area contributed by atoms with E-state index in [1.807, 2.05) is 55.5 Å². The summed E-state index contributed by atoms with van der Waals surface area (Å²) in [6, 6.07) is 19.4. The van der Waals surface area contributed by atoms with Crippen molar-refractivity contribution in [1.29, 1.82) is 0 Å². The van der Waals surface area contributed by atoms with Crippen LogP contribution in [0.3, 0.4) is 0 Å². The van der Waals surface area contributed by atoms with Gasteiger partial charge in [-0.05, 0) is 42.3 Å². The van der Waals surface area contributed by atoms with Gasteiger partial charge in [-0.3, -0.25) is 4.79 Å². The van der Waals surface area contributed by atoms with Gasteiger partial charge in [0.15, 0.2) is 0 Å². The monoisotopic (exact) mass is 361 g/mol. The highest BCUT2D eigenvalue weighted by Crippen LogP contribution is 2.13. The van der Waals surface area contributed by atoms with Crippen molar-refractivity contribution in [2.24, 2.45) is 0 Å². The number of rotatable bonds is 7. The van der Waals surface area contributed by atoms with Gasteiger partial charge in [0.2, 0.25) is 0 Å². The van der Waals surface area contributed by atoms with E-state index in [4.69, 9.17) is 4.74 Å². The number of aryl methyl sites for hydroxylation is 1. The molecule has 138 valence electrons. The summed E-state index contributed by atoms with van der Waals surface area (Å²) in [6.07, 6.45) is 1.64. The van der Waals surface area contributed by atoms with Crippen LogP contribution in [0.1, 0.15) is 27.0 Å². The molecule has 2 aromatic carbocycles. The molecular formula is C22H23N3O2. The Morgan fingerprint density at radius 3 is 2.33 bits per heavy atom. The Morgan fingerprint density at radius 2 is 1.63 bits per heavy atom. The van der Waals surface area contributed by atoms with Crippen LogP contribution in [0, 0.1) is 6.92 Å². The lowest BCUT2D eigenvalue weighted by atomic mass is 10.1. The molecule has 0 saturated heterocycles. The quantitative estimate of drug-likeness (QED) is 0.669. The highest BCUT2D eigenvalue weighted by Gasteiger charge is 2.07. The Balaban J connectivity index is 1.56. The van der Waals surface area contributed by atoms with Gasteiger partial charge < -0.3 is 15.4 Å². The number of anilines is 1. The molecule has 2 N–H and O–H groups in total. The fourth-order valence-electron chi connectivity index (χ4n) is 2.59. The summed E-state index contributed by atoms with van der Waals surface area (Å²) in [7, 11) is 1.65. The largest absolute Gasteiger partial charge is 0.497 e. The number of amides is 1. The first-order valence-corrected chi connectivity index (χ1v) is 8.80. The lowest BCUT2D eigenvalue weighted by Crippen LogP contribution is -2.23. The van der Waals surface area contributed by atoms with Crippen LogP contribution in [-0.4, -0.2) is 18.0 Å². The standard InChI is InChI=1S/C22H23N3O2/c1-16-3-5-17(6-4-16)15-25-22(26)19-11-12-23-21(13-19)24-14-18-7-9-20(27-2)10-8-18/h3-13H,14-15H2,1-2H3,(H,23,24)(H,25,26). The molecule has 0 aliphatic rings. The van der Waals surface area contributed by atoms with Gasteiger partial charge in [0.1, 0.15) is 11.6 Å². The van der Waals surface area contributed by atoms with E-state index >= 15 is 0 Å². The summed E-state index contributed by atoms with van der Waals surface area (Å²) in [6.45, 7) is 3.15. The molecule has 3 aromatic rings. The number of benzene rings is 2. The van der Waals surface area contributed by atoms with Gasteiger partial charge in [0.05, 0.1) is 7.11 Å². The summed E-state index contributed by atoms with van der Waals surface area (Å²) in [5.41, 5.74) is 3.95. The summed E-state index contributed by atoms with van der Waals surface area (Å²) >= 11 is 0. The van der Waals surface area contributed by atoms with E-state index in [-0.39, 0.29) is 5.91 Å². The molecule has 1 aromatic heterocycles. The average molecular weight is 361 g/mol. The Morgan fingerprint density at radius 1 is 0.963 bits per heavy atom. The number of hydrogen-bond donors (Lipinski definition) is 2. The van der Waals surface area contributed by atoms with Crippen molar-refractivity contribution < 1.29 is 9.53 Å². The van der Waals surface area contributed by atoms with Crippen LogP contribution in [0.15, 0.2) is 66.9 Å². The number of carbonyl (C=O) groups excluding carboxylic acids is 1. The third-order valence-corrected chi connectivity index (χ3v) is 4.23. The summed E-state index contributed by atoms with van der Waals surface area (Å²) < 4.78 is 5.16. The van der Waals surface area contributed by atoms with Gasteiger partial charge in [-0.25, -0.2) is 4.98 Å². The maximum atomic E-state index is 12.4. The fourth-order valence-corrected chi connectivity index (χ4v) is 2.59. The first kappa shape index (κ1) is 18.5. The van der Waals surface area contributed by atoms with Crippen LogP contribution < -0.4 is 15.4 Å². The van der Waals surface area contributed by atoms with Crippen LogP contribution in [-0.2, 0) is 13.1 Å². The molecule has 0 spiro atoms. The smallest absolute Gasteiger partial charge is 0.251 e. The molecule has 1 amide bonds. The average Bonchev–Trinajstić information content (AvgIpc) is 2.72. The number of nitrogens with zero attached hydrogens (tertiary/aromatic N) is 1. The third kappa shape index (κ3) is 5.31. The highest BCUT2D eigenvalue weighted by atomic mass is 16.5. The molecule has 0 aliphatic heterocycles. The van der Waals surface area contributed by atoms with E-state index in [1.54, 1.807) is 25.4 Å². The van der Waals surface area contributed by atoms with Gasteiger partial charge >= 0.3 is 0 Å². The zero-order chi connectivity index (χ0) is 19.1. The molecule has 3 rings (SSSR count). The van der Waals surface area contributed by atoms with E-state index in [0.717, 1.165) is 16.9 Å². The summed E-state index contributed by atoms with van der Waals surface area (Å²) in [5, 5.41) is 6.18. The Labute approximate surface area is 159 Å². The predicted octanol–water partition coefficient (Wildman–Crippen LogP) is 3.94. The van der Waals surface area contributed by atoms with Crippen LogP contribution >= 0.6 is 0 Å². The van der Waals surface area contributed by atoms with E-state index in [2.05, 4.69) is 15.6 Å². The number of carbonyl (C=O) groups is 1. The zero-order valence-electron chi connectivity index (χ0n) is 15.5. The van der Waals surface area contributed by atoms with Crippen molar-refractivity contribution in [2.45, 2.75) is 20.0 Å². The van der Waals surface area contributed by atoms with Crippen molar-refractivity contribution in [3.63, 3.8) is 0 Å². The second-order valence-corrected chi connectivity index (χ2v) is 6.30. The van der Waals surface area contributed by atoms with E-state index in [9.17, 15) is 4.79 Å². The van der Waals surface area contributed by atoms with Gasteiger partial charge in [-0.1, -0.05) is 42.0 Å². The second kappa shape index (κ2) is 8.85. The Hall–Kier alpha value is -3.34. The van der Waals surface area contributed by atoms with Gasteiger partial charge in [-0.2, -0.15) is 0 Å². The number of methoxy groups -OCH3 is 1. The lowest BCUT2D eigenvalue weighted by Gasteiger charge is -2.09. The molecule has 0 fully saturated rings. The molecule has 5 nitrogen and oxygen atoms in total. The van der Waals surface area contributed by atoms with Gasteiger partial charge in [-0.15, -0.1) is 0 Å². The molecule has 0 aliphatic carbocycles. The van der Waals surface area contributed by atoms with Crippen molar-refractivity contribution >= 4 is 11.7 Å².